The van der Waals surface area contributed by atoms with Gasteiger partial charge in [-0.05, 0) is 41.5 Å². The number of benzene rings is 2. The number of rotatable bonds is 2. The second-order valence-corrected chi connectivity index (χ2v) is 8.97. The topological polar surface area (TPSA) is 57.7 Å². The molecule has 5 aliphatic rings. The first-order valence-corrected chi connectivity index (χ1v) is 11.0. The van der Waals surface area contributed by atoms with Gasteiger partial charge in [-0.15, -0.1) is 0 Å². The summed E-state index contributed by atoms with van der Waals surface area (Å²) in [5, 5.41) is 0. The van der Waals surface area contributed by atoms with Gasteiger partial charge in [0.15, 0.2) is 0 Å². The summed E-state index contributed by atoms with van der Waals surface area (Å²) in [5.74, 6) is -1.47. The van der Waals surface area contributed by atoms with Crippen LogP contribution in [0.15, 0.2) is 48.5 Å². The highest BCUT2D eigenvalue weighted by Gasteiger charge is 2.61. The van der Waals surface area contributed by atoms with Crippen LogP contribution in [-0.4, -0.2) is 47.2 Å². The zero-order valence-corrected chi connectivity index (χ0v) is 16.8. The summed E-state index contributed by atoms with van der Waals surface area (Å²) in [7, 11) is 0. The van der Waals surface area contributed by atoms with E-state index in [2.05, 4.69) is 24.3 Å². The molecule has 5 nitrogen and oxygen atoms in total. The normalized spacial score (nSPS) is 28.9. The van der Waals surface area contributed by atoms with E-state index in [1.54, 1.807) is 0 Å². The average molecular weight is 400 g/mol. The van der Waals surface area contributed by atoms with E-state index >= 15 is 0 Å². The molecular formula is C25H24N2O3. The molecule has 5 heteroatoms. The third-order valence-electron chi connectivity index (χ3n) is 7.54. The maximum atomic E-state index is 13.5. The summed E-state index contributed by atoms with van der Waals surface area (Å²) in [6.45, 7) is 1.34. The lowest BCUT2D eigenvalue weighted by molar-refractivity contribution is -0.147. The van der Waals surface area contributed by atoms with Crippen molar-refractivity contribution in [1.82, 2.24) is 9.80 Å². The molecule has 0 saturated carbocycles. The van der Waals surface area contributed by atoms with Gasteiger partial charge in [0.1, 0.15) is 6.54 Å². The standard InChI is InChI=1S/C25H24N2O3/c28-19(26-12-6-1-7-13-26)14-27-24(29)22-20-15-8-2-3-9-16(15)21(23(22)25(27)30)18-11-5-4-10-17(18)20/h2-5,8-11,20-23H,1,6-7,12-14H2. The Balaban J connectivity index is 1.39. The summed E-state index contributed by atoms with van der Waals surface area (Å²) >= 11 is 0. The molecule has 30 heavy (non-hydrogen) atoms. The first-order valence-electron chi connectivity index (χ1n) is 11.0. The highest BCUT2D eigenvalue weighted by molar-refractivity contribution is 6.09. The van der Waals surface area contributed by atoms with Crippen molar-refractivity contribution < 1.29 is 14.4 Å². The molecule has 0 spiro atoms. The van der Waals surface area contributed by atoms with Gasteiger partial charge < -0.3 is 4.90 Å². The van der Waals surface area contributed by atoms with Gasteiger partial charge in [-0.1, -0.05) is 48.5 Å². The maximum absolute atomic E-state index is 13.5. The van der Waals surface area contributed by atoms with Gasteiger partial charge in [-0.3, -0.25) is 19.3 Å². The van der Waals surface area contributed by atoms with Crippen molar-refractivity contribution in [3.05, 3.63) is 70.8 Å². The number of hydrogen-bond donors (Lipinski definition) is 0. The van der Waals surface area contributed by atoms with Crippen molar-refractivity contribution in [3.8, 4) is 0 Å². The first kappa shape index (κ1) is 17.9. The molecule has 2 heterocycles. The molecule has 2 aliphatic heterocycles. The monoisotopic (exact) mass is 400 g/mol. The Bertz CT molecular complexity index is 956. The third kappa shape index (κ3) is 2.32. The number of amides is 3. The van der Waals surface area contributed by atoms with E-state index in [1.165, 1.54) is 4.90 Å². The van der Waals surface area contributed by atoms with Gasteiger partial charge in [-0.25, -0.2) is 0 Å². The van der Waals surface area contributed by atoms with Gasteiger partial charge >= 0.3 is 0 Å². The maximum Gasteiger partial charge on any atom is 0.242 e. The molecule has 0 radical (unpaired) electrons. The molecule has 2 saturated heterocycles. The number of likely N-dealkylation sites (tertiary alicyclic amines) is 2. The molecule has 7 rings (SSSR count). The minimum absolute atomic E-state index is 0.0996. The van der Waals surface area contributed by atoms with E-state index in [0.717, 1.165) is 54.6 Å². The molecule has 3 aliphatic carbocycles. The second kappa shape index (κ2) is 6.53. The number of imide groups is 1. The van der Waals surface area contributed by atoms with Crippen molar-refractivity contribution in [2.75, 3.05) is 19.6 Å². The quantitative estimate of drug-likeness (QED) is 0.729. The van der Waals surface area contributed by atoms with E-state index in [9.17, 15) is 14.4 Å². The van der Waals surface area contributed by atoms with Crippen LogP contribution in [0.5, 0.6) is 0 Å². The second-order valence-electron chi connectivity index (χ2n) is 8.97. The van der Waals surface area contributed by atoms with E-state index in [-0.39, 0.29) is 36.1 Å². The molecule has 2 aromatic carbocycles. The fourth-order valence-corrected chi connectivity index (χ4v) is 6.27. The smallest absolute Gasteiger partial charge is 0.242 e. The summed E-state index contributed by atoms with van der Waals surface area (Å²) < 4.78 is 0. The van der Waals surface area contributed by atoms with E-state index in [0.29, 0.717) is 0 Å². The fraction of sp³-hybridized carbons (Fsp3) is 0.400. The van der Waals surface area contributed by atoms with E-state index < -0.39 is 11.8 Å². The van der Waals surface area contributed by atoms with Crippen LogP contribution >= 0.6 is 0 Å². The van der Waals surface area contributed by atoms with Crippen molar-refractivity contribution in [2.45, 2.75) is 31.1 Å². The lowest BCUT2D eigenvalue weighted by Gasteiger charge is -2.45. The molecule has 2 aromatic rings. The SMILES string of the molecule is O=C(CN1C(=O)C2C3c4ccccc4C(c4ccccc43)C2C1=O)N1CCCCC1. The minimum atomic E-state index is -0.401. The molecule has 0 N–H and O–H groups in total. The Labute approximate surface area is 175 Å². The zero-order valence-electron chi connectivity index (χ0n) is 16.8. The Morgan fingerprint density at radius 1 is 0.733 bits per heavy atom. The highest BCUT2D eigenvalue weighted by atomic mass is 16.2. The van der Waals surface area contributed by atoms with Crippen LogP contribution in [0.4, 0.5) is 0 Å². The number of piperidine rings is 1. The van der Waals surface area contributed by atoms with Crippen LogP contribution in [-0.2, 0) is 14.4 Å². The zero-order chi connectivity index (χ0) is 20.4. The Morgan fingerprint density at radius 3 is 1.60 bits per heavy atom. The van der Waals surface area contributed by atoms with E-state index in [4.69, 9.17) is 0 Å². The Kier molecular flexibility index (Phi) is 3.89. The molecular weight excluding hydrogens is 376 g/mol. The predicted octanol–water partition coefficient (Wildman–Crippen LogP) is 2.89. The summed E-state index contributed by atoms with van der Waals surface area (Å²) in [4.78, 5) is 42.9. The van der Waals surface area contributed by atoms with Crippen LogP contribution in [0.2, 0.25) is 0 Å². The largest absolute Gasteiger partial charge is 0.341 e. The van der Waals surface area contributed by atoms with Gasteiger partial charge in [0, 0.05) is 24.9 Å². The fourth-order valence-electron chi connectivity index (χ4n) is 6.27. The Hall–Kier alpha value is -2.95. The minimum Gasteiger partial charge on any atom is -0.341 e. The third-order valence-corrected chi connectivity index (χ3v) is 7.54. The first-order chi connectivity index (χ1) is 14.7. The summed E-state index contributed by atoms with van der Waals surface area (Å²) in [5.41, 5.74) is 4.64. The Morgan fingerprint density at radius 2 is 1.17 bits per heavy atom. The van der Waals surface area contributed by atoms with Crippen molar-refractivity contribution >= 4 is 17.7 Å². The number of nitrogens with zero attached hydrogens (tertiary/aromatic N) is 2. The van der Waals surface area contributed by atoms with Crippen molar-refractivity contribution in [3.63, 3.8) is 0 Å². The molecule has 2 unspecified atom stereocenters. The van der Waals surface area contributed by atoms with Gasteiger partial charge in [0.25, 0.3) is 0 Å². The molecule has 3 amide bonds. The van der Waals surface area contributed by atoms with Crippen LogP contribution < -0.4 is 0 Å². The predicted molar refractivity (Wildman–Crippen MR) is 111 cm³/mol. The molecule has 0 aromatic heterocycles. The van der Waals surface area contributed by atoms with Gasteiger partial charge in [0.05, 0.1) is 11.8 Å². The molecule has 152 valence electrons. The van der Waals surface area contributed by atoms with Gasteiger partial charge in [0.2, 0.25) is 17.7 Å². The molecule has 2 atom stereocenters. The lowest BCUT2D eigenvalue weighted by atomic mass is 9.55. The molecule has 2 fully saturated rings. The van der Waals surface area contributed by atoms with Crippen LogP contribution in [0.3, 0.4) is 0 Å². The number of carbonyl (C=O) groups excluding carboxylic acids is 3. The van der Waals surface area contributed by atoms with Gasteiger partial charge in [-0.2, -0.15) is 0 Å². The van der Waals surface area contributed by atoms with E-state index in [1.807, 2.05) is 29.2 Å². The number of carbonyl (C=O) groups is 3. The average Bonchev–Trinajstić information content (AvgIpc) is 3.05. The van der Waals surface area contributed by atoms with Crippen molar-refractivity contribution in [1.29, 1.82) is 0 Å². The lowest BCUT2D eigenvalue weighted by Crippen LogP contribution is -2.45. The van der Waals surface area contributed by atoms with Crippen LogP contribution in [0.1, 0.15) is 53.4 Å². The highest BCUT2D eigenvalue weighted by Crippen LogP contribution is 2.60. The van der Waals surface area contributed by atoms with Crippen LogP contribution in [0.25, 0.3) is 0 Å². The summed E-state index contributed by atoms with van der Waals surface area (Å²) in [6.07, 6.45) is 3.12. The van der Waals surface area contributed by atoms with Crippen molar-refractivity contribution in [2.24, 2.45) is 11.8 Å². The van der Waals surface area contributed by atoms with Crippen LogP contribution in [0, 0.1) is 11.8 Å². The molecule has 2 bridgehead atoms. The number of hydrogen-bond acceptors (Lipinski definition) is 3. The summed E-state index contributed by atoms with van der Waals surface area (Å²) in [6, 6.07) is 16.4.